The zero-order valence-electron chi connectivity index (χ0n) is 9.87. The Morgan fingerprint density at radius 1 is 1.47 bits per heavy atom. The van der Waals surface area contributed by atoms with Gasteiger partial charge >= 0.3 is 0 Å². The molecule has 2 heterocycles. The molecule has 0 aliphatic rings. The summed E-state index contributed by atoms with van der Waals surface area (Å²) < 4.78 is 1.91. The third kappa shape index (κ3) is 2.89. The molecular formula is C12H17N5. The van der Waals surface area contributed by atoms with Crippen molar-refractivity contribution in [1.29, 1.82) is 0 Å². The van der Waals surface area contributed by atoms with Gasteiger partial charge in [-0.05, 0) is 30.5 Å². The van der Waals surface area contributed by atoms with Gasteiger partial charge in [-0.1, -0.05) is 6.07 Å². The van der Waals surface area contributed by atoms with Gasteiger partial charge in [0.05, 0.1) is 12.2 Å². The largest absolute Gasteiger partial charge is 0.273 e. The summed E-state index contributed by atoms with van der Waals surface area (Å²) in [5.74, 6) is 5.59. The maximum atomic E-state index is 5.59. The lowest BCUT2D eigenvalue weighted by molar-refractivity contribution is 0.549. The molecule has 2 aromatic rings. The van der Waals surface area contributed by atoms with Crippen LogP contribution in [0, 0.1) is 0 Å². The summed E-state index contributed by atoms with van der Waals surface area (Å²) in [5, 5.41) is 4.25. The Hall–Kier alpha value is -1.72. The first-order valence-electron chi connectivity index (χ1n) is 5.71. The van der Waals surface area contributed by atoms with E-state index in [1.807, 2.05) is 35.4 Å². The van der Waals surface area contributed by atoms with E-state index in [1.165, 1.54) is 5.56 Å². The van der Waals surface area contributed by atoms with E-state index in [4.69, 9.17) is 5.84 Å². The maximum absolute atomic E-state index is 5.59. The Bertz CT molecular complexity index is 451. The SMILES string of the molecule is CCn1cc(CC(NN)c2cccnc2)cn1. The van der Waals surface area contributed by atoms with E-state index in [0.29, 0.717) is 0 Å². The fraction of sp³-hybridized carbons (Fsp3) is 0.333. The van der Waals surface area contributed by atoms with E-state index in [-0.39, 0.29) is 6.04 Å². The molecule has 1 atom stereocenters. The molecule has 17 heavy (non-hydrogen) atoms. The van der Waals surface area contributed by atoms with Crippen LogP contribution in [0.25, 0.3) is 0 Å². The third-order valence-electron chi connectivity index (χ3n) is 2.74. The Morgan fingerprint density at radius 3 is 2.94 bits per heavy atom. The van der Waals surface area contributed by atoms with Crippen LogP contribution in [-0.2, 0) is 13.0 Å². The van der Waals surface area contributed by atoms with Crippen molar-refractivity contribution in [3.63, 3.8) is 0 Å². The molecule has 0 radical (unpaired) electrons. The Labute approximate surface area is 101 Å². The number of nitrogens with zero attached hydrogens (tertiary/aromatic N) is 3. The van der Waals surface area contributed by atoms with Gasteiger partial charge < -0.3 is 0 Å². The van der Waals surface area contributed by atoms with Gasteiger partial charge in [0.1, 0.15) is 0 Å². The highest BCUT2D eigenvalue weighted by atomic mass is 15.3. The second-order valence-corrected chi connectivity index (χ2v) is 3.91. The van der Waals surface area contributed by atoms with Crippen LogP contribution in [0.2, 0.25) is 0 Å². The fourth-order valence-corrected chi connectivity index (χ4v) is 1.78. The van der Waals surface area contributed by atoms with Crippen molar-refractivity contribution in [2.24, 2.45) is 5.84 Å². The number of hydrogen-bond donors (Lipinski definition) is 2. The van der Waals surface area contributed by atoms with Crippen molar-refractivity contribution in [3.05, 3.63) is 48.0 Å². The Kier molecular flexibility index (Phi) is 3.85. The fourth-order valence-electron chi connectivity index (χ4n) is 1.78. The highest BCUT2D eigenvalue weighted by molar-refractivity contribution is 5.17. The minimum Gasteiger partial charge on any atom is -0.273 e. The number of rotatable bonds is 5. The van der Waals surface area contributed by atoms with Crippen LogP contribution in [0.15, 0.2) is 36.9 Å². The Morgan fingerprint density at radius 2 is 2.35 bits per heavy atom. The smallest absolute Gasteiger partial charge is 0.0522 e. The minimum atomic E-state index is 0.0678. The Balaban J connectivity index is 2.10. The summed E-state index contributed by atoms with van der Waals surface area (Å²) in [5.41, 5.74) is 5.07. The molecule has 1 unspecified atom stereocenters. The van der Waals surface area contributed by atoms with E-state index < -0.39 is 0 Å². The molecule has 0 saturated heterocycles. The summed E-state index contributed by atoms with van der Waals surface area (Å²) in [6.45, 7) is 2.95. The average molecular weight is 231 g/mol. The van der Waals surface area contributed by atoms with Gasteiger partial charge in [-0.3, -0.25) is 20.9 Å². The third-order valence-corrected chi connectivity index (χ3v) is 2.74. The number of hydrogen-bond acceptors (Lipinski definition) is 4. The lowest BCUT2D eigenvalue weighted by Gasteiger charge is -2.14. The van der Waals surface area contributed by atoms with E-state index in [9.17, 15) is 0 Å². The van der Waals surface area contributed by atoms with E-state index in [0.717, 1.165) is 18.5 Å². The highest BCUT2D eigenvalue weighted by Crippen LogP contribution is 2.16. The van der Waals surface area contributed by atoms with Crippen molar-refractivity contribution in [2.75, 3.05) is 0 Å². The van der Waals surface area contributed by atoms with Crippen molar-refractivity contribution in [3.8, 4) is 0 Å². The molecule has 0 aliphatic carbocycles. The van der Waals surface area contributed by atoms with E-state index >= 15 is 0 Å². The molecule has 0 aliphatic heterocycles. The number of pyridine rings is 1. The molecule has 0 saturated carbocycles. The average Bonchev–Trinajstić information content (AvgIpc) is 2.84. The predicted molar refractivity (Wildman–Crippen MR) is 65.9 cm³/mol. The minimum absolute atomic E-state index is 0.0678. The van der Waals surface area contributed by atoms with Gasteiger partial charge in [-0.15, -0.1) is 0 Å². The number of aromatic nitrogens is 3. The molecule has 90 valence electrons. The molecule has 0 bridgehead atoms. The summed E-state index contributed by atoms with van der Waals surface area (Å²) in [7, 11) is 0. The van der Waals surface area contributed by atoms with Crippen LogP contribution in [0.5, 0.6) is 0 Å². The molecule has 0 amide bonds. The number of nitrogens with one attached hydrogen (secondary N) is 1. The van der Waals surface area contributed by atoms with Crippen LogP contribution < -0.4 is 11.3 Å². The van der Waals surface area contributed by atoms with E-state index in [2.05, 4.69) is 22.4 Å². The molecule has 2 aromatic heterocycles. The number of nitrogens with two attached hydrogens (primary N) is 1. The first-order valence-corrected chi connectivity index (χ1v) is 5.71. The molecule has 0 aromatic carbocycles. The van der Waals surface area contributed by atoms with Gasteiger partial charge in [-0.25, -0.2) is 0 Å². The lowest BCUT2D eigenvalue weighted by atomic mass is 10.0. The summed E-state index contributed by atoms with van der Waals surface area (Å²) in [4.78, 5) is 4.10. The standard InChI is InChI=1S/C12H17N5/c1-2-17-9-10(7-15-17)6-12(16-13)11-4-3-5-14-8-11/h3-5,7-9,12,16H,2,6,13H2,1H3. The summed E-state index contributed by atoms with van der Waals surface area (Å²) in [6, 6.07) is 4.00. The molecule has 5 nitrogen and oxygen atoms in total. The first kappa shape index (κ1) is 11.8. The van der Waals surface area contributed by atoms with Gasteiger partial charge in [0.25, 0.3) is 0 Å². The highest BCUT2D eigenvalue weighted by Gasteiger charge is 2.11. The normalized spacial score (nSPS) is 12.6. The van der Waals surface area contributed by atoms with Crippen molar-refractivity contribution < 1.29 is 0 Å². The number of hydrazine groups is 1. The second kappa shape index (κ2) is 5.56. The molecule has 0 fully saturated rings. The zero-order chi connectivity index (χ0) is 12.1. The number of aryl methyl sites for hydroxylation is 1. The quantitative estimate of drug-likeness (QED) is 0.596. The molecular weight excluding hydrogens is 214 g/mol. The summed E-state index contributed by atoms with van der Waals surface area (Å²) >= 11 is 0. The van der Waals surface area contributed by atoms with Crippen LogP contribution >= 0.6 is 0 Å². The molecule has 3 N–H and O–H groups in total. The van der Waals surface area contributed by atoms with Crippen LogP contribution in [0.4, 0.5) is 0 Å². The van der Waals surface area contributed by atoms with Crippen molar-refractivity contribution >= 4 is 0 Å². The van der Waals surface area contributed by atoms with Gasteiger partial charge in [0, 0.05) is 25.1 Å². The second-order valence-electron chi connectivity index (χ2n) is 3.91. The van der Waals surface area contributed by atoms with Crippen LogP contribution in [0.1, 0.15) is 24.1 Å². The van der Waals surface area contributed by atoms with E-state index in [1.54, 1.807) is 6.20 Å². The predicted octanol–water partition coefficient (Wildman–Crippen LogP) is 1.05. The van der Waals surface area contributed by atoms with Gasteiger partial charge in [0.2, 0.25) is 0 Å². The lowest BCUT2D eigenvalue weighted by Crippen LogP contribution is -2.29. The maximum Gasteiger partial charge on any atom is 0.0522 e. The molecule has 0 spiro atoms. The molecule has 2 rings (SSSR count). The van der Waals surface area contributed by atoms with Crippen molar-refractivity contribution in [1.82, 2.24) is 20.2 Å². The van der Waals surface area contributed by atoms with Crippen molar-refractivity contribution in [2.45, 2.75) is 25.9 Å². The molecule has 5 heteroatoms. The van der Waals surface area contributed by atoms with Crippen LogP contribution in [0.3, 0.4) is 0 Å². The monoisotopic (exact) mass is 231 g/mol. The first-order chi connectivity index (χ1) is 8.33. The van der Waals surface area contributed by atoms with Gasteiger partial charge in [0.15, 0.2) is 0 Å². The zero-order valence-corrected chi connectivity index (χ0v) is 9.87. The topological polar surface area (TPSA) is 68.8 Å². The summed E-state index contributed by atoms with van der Waals surface area (Å²) in [6.07, 6.45) is 8.31. The van der Waals surface area contributed by atoms with Crippen LogP contribution in [-0.4, -0.2) is 14.8 Å². The van der Waals surface area contributed by atoms with Gasteiger partial charge in [-0.2, -0.15) is 5.10 Å².